The second-order valence-corrected chi connectivity index (χ2v) is 6.42. The molecule has 4 rings (SSSR count). The van der Waals surface area contributed by atoms with E-state index in [0.717, 1.165) is 33.5 Å². The molecule has 2 aromatic carbocycles. The summed E-state index contributed by atoms with van der Waals surface area (Å²) in [6.07, 6.45) is 1.66. The number of benzene rings is 2. The third-order valence-electron chi connectivity index (χ3n) is 4.32. The van der Waals surface area contributed by atoms with Gasteiger partial charge in [-0.3, -0.25) is 0 Å². The fourth-order valence-electron chi connectivity index (χ4n) is 3.00. The molecule has 0 aliphatic heterocycles. The molecule has 0 radical (unpaired) electrons. The summed E-state index contributed by atoms with van der Waals surface area (Å²) in [6.45, 7) is 5.90. The molecule has 0 bridgehead atoms. The van der Waals surface area contributed by atoms with E-state index in [-0.39, 0.29) is 11.9 Å². The first-order valence-electron chi connectivity index (χ1n) is 8.20. The smallest absolute Gasteiger partial charge is 0.126 e. The van der Waals surface area contributed by atoms with Crippen molar-refractivity contribution >= 4 is 11.0 Å². The Morgan fingerprint density at radius 3 is 2.64 bits per heavy atom. The minimum Gasteiger partial charge on any atom is -0.344 e. The molecule has 4 aromatic rings. The Morgan fingerprint density at radius 2 is 1.88 bits per heavy atom. The molecule has 1 N–H and O–H groups in total. The van der Waals surface area contributed by atoms with Crippen LogP contribution in [0.2, 0.25) is 0 Å². The van der Waals surface area contributed by atoms with Gasteiger partial charge in [0.25, 0.3) is 0 Å². The molecule has 2 heterocycles. The molecule has 0 saturated heterocycles. The number of imidazole rings is 1. The van der Waals surface area contributed by atoms with Crippen LogP contribution in [-0.4, -0.2) is 25.0 Å². The van der Waals surface area contributed by atoms with Gasteiger partial charge in [0.2, 0.25) is 0 Å². The molecule has 0 fully saturated rings. The van der Waals surface area contributed by atoms with Gasteiger partial charge >= 0.3 is 0 Å². The van der Waals surface area contributed by atoms with E-state index in [1.807, 2.05) is 22.9 Å². The van der Waals surface area contributed by atoms with Gasteiger partial charge in [-0.1, -0.05) is 11.3 Å². The van der Waals surface area contributed by atoms with Crippen LogP contribution in [0.3, 0.4) is 0 Å². The first-order chi connectivity index (χ1) is 12.0. The van der Waals surface area contributed by atoms with Gasteiger partial charge in [-0.15, -0.1) is 5.10 Å². The molecule has 0 spiro atoms. The van der Waals surface area contributed by atoms with Crippen molar-refractivity contribution in [1.29, 1.82) is 0 Å². The maximum Gasteiger partial charge on any atom is 0.126 e. The molecular formula is C19H18FN5. The molecule has 25 heavy (non-hydrogen) atoms. The van der Waals surface area contributed by atoms with E-state index < -0.39 is 0 Å². The van der Waals surface area contributed by atoms with Crippen LogP contribution >= 0.6 is 0 Å². The normalized spacial score (nSPS) is 11.6. The molecule has 5 nitrogen and oxygen atoms in total. The highest BCUT2D eigenvalue weighted by Gasteiger charge is 2.14. The summed E-state index contributed by atoms with van der Waals surface area (Å²) in [5.74, 6) is -0.214. The average Bonchev–Trinajstić information content (AvgIpc) is 3.23. The van der Waals surface area contributed by atoms with E-state index in [1.165, 1.54) is 6.07 Å². The lowest BCUT2D eigenvalue weighted by atomic mass is 10.0. The first kappa shape index (κ1) is 15.5. The summed E-state index contributed by atoms with van der Waals surface area (Å²) in [4.78, 5) is 7.65. The highest BCUT2D eigenvalue weighted by Crippen LogP contribution is 2.31. The predicted molar refractivity (Wildman–Crippen MR) is 95.6 cm³/mol. The zero-order valence-corrected chi connectivity index (χ0v) is 14.3. The summed E-state index contributed by atoms with van der Waals surface area (Å²) in [7, 11) is 0. The van der Waals surface area contributed by atoms with Crippen molar-refractivity contribution in [2.75, 3.05) is 0 Å². The van der Waals surface area contributed by atoms with Crippen LogP contribution in [0.25, 0.3) is 33.5 Å². The summed E-state index contributed by atoms with van der Waals surface area (Å²) in [5.41, 5.74) is 6.00. The van der Waals surface area contributed by atoms with Gasteiger partial charge in [-0.2, -0.15) is 0 Å². The van der Waals surface area contributed by atoms with Gasteiger partial charge in [-0.25, -0.2) is 14.1 Å². The second kappa shape index (κ2) is 5.81. The third-order valence-corrected chi connectivity index (χ3v) is 4.32. The monoisotopic (exact) mass is 335 g/mol. The van der Waals surface area contributed by atoms with Gasteiger partial charge in [0.1, 0.15) is 11.3 Å². The zero-order valence-electron chi connectivity index (χ0n) is 14.3. The van der Waals surface area contributed by atoms with E-state index in [1.54, 1.807) is 19.3 Å². The first-order valence-corrected chi connectivity index (χ1v) is 8.20. The fraction of sp³-hybridized carbons (Fsp3) is 0.211. The molecule has 2 aromatic heterocycles. The van der Waals surface area contributed by atoms with E-state index in [9.17, 15) is 4.39 Å². The second-order valence-electron chi connectivity index (χ2n) is 6.42. The quantitative estimate of drug-likeness (QED) is 0.599. The van der Waals surface area contributed by atoms with Crippen LogP contribution in [0.15, 0.2) is 42.7 Å². The van der Waals surface area contributed by atoms with Crippen LogP contribution in [0.5, 0.6) is 0 Å². The van der Waals surface area contributed by atoms with E-state index >= 15 is 0 Å². The Kier molecular flexibility index (Phi) is 3.60. The number of halogens is 1. The van der Waals surface area contributed by atoms with Crippen molar-refractivity contribution < 1.29 is 4.39 Å². The Morgan fingerprint density at radius 1 is 1.08 bits per heavy atom. The van der Waals surface area contributed by atoms with Crippen molar-refractivity contribution in [3.8, 4) is 22.5 Å². The number of nitrogens with zero attached hydrogens (tertiary/aromatic N) is 4. The molecule has 0 atom stereocenters. The summed E-state index contributed by atoms with van der Waals surface area (Å²) in [6, 6.07) is 11.3. The highest BCUT2D eigenvalue weighted by molar-refractivity contribution is 5.85. The maximum atomic E-state index is 13.6. The maximum absolute atomic E-state index is 13.6. The molecule has 0 aliphatic carbocycles. The van der Waals surface area contributed by atoms with Crippen molar-refractivity contribution in [3.05, 3.63) is 54.1 Å². The number of hydrogen-bond donors (Lipinski definition) is 1. The van der Waals surface area contributed by atoms with Gasteiger partial charge < -0.3 is 4.98 Å². The standard InChI is InChI=1S/C19H18FN5/c1-11(2)25-17-9-14(5-7-16(17)23-24-25)19-18(21-10-22-19)13-4-6-15(20)12(3)8-13/h4-11H,1-3H3,(H,21,22). The zero-order chi connectivity index (χ0) is 17.6. The van der Waals surface area contributed by atoms with Crippen LogP contribution < -0.4 is 0 Å². The summed E-state index contributed by atoms with van der Waals surface area (Å²) in [5, 5.41) is 8.43. The van der Waals surface area contributed by atoms with E-state index in [4.69, 9.17) is 0 Å². The van der Waals surface area contributed by atoms with Crippen molar-refractivity contribution in [2.45, 2.75) is 26.8 Å². The lowest BCUT2D eigenvalue weighted by molar-refractivity contribution is 0.530. The molecule has 0 saturated carbocycles. The molecule has 0 aliphatic rings. The van der Waals surface area contributed by atoms with Crippen LogP contribution in [0.4, 0.5) is 4.39 Å². The summed E-state index contributed by atoms with van der Waals surface area (Å²) >= 11 is 0. The van der Waals surface area contributed by atoms with Crippen LogP contribution in [-0.2, 0) is 0 Å². The number of fused-ring (bicyclic) bond motifs is 1. The molecule has 0 amide bonds. The SMILES string of the molecule is Cc1cc(-c2nc[nH]c2-c2ccc3nnn(C(C)C)c3c2)ccc1F. The molecule has 0 unspecified atom stereocenters. The molecule has 126 valence electrons. The van der Waals surface area contributed by atoms with E-state index in [2.05, 4.69) is 40.2 Å². The lowest BCUT2D eigenvalue weighted by Gasteiger charge is -2.08. The topological polar surface area (TPSA) is 59.4 Å². The van der Waals surface area contributed by atoms with E-state index in [0.29, 0.717) is 5.56 Å². The fourth-order valence-corrected chi connectivity index (χ4v) is 3.00. The van der Waals surface area contributed by atoms with Gasteiger partial charge in [0.05, 0.1) is 23.2 Å². The number of aryl methyl sites for hydroxylation is 1. The Hall–Kier alpha value is -3.02. The van der Waals surface area contributed by atoms with Gasteiger partial charge in [0, 0.05) is 17.2 Å². The lowest BCUT2D eigenvalue weighted by Crippen LogP contribution is -2.02. The Bertz CT molecular complexity index is 1060. The number of nitrogens with one attached hydrogen (secondary N) is 1. The molecule has 6 heteroatoms. The number of aromatic nitrogens is 5. The average molecular weight is 335 g/mol. The Labute approximate surface area is 144 Å². The van der Waals surface area contributed by atoms with Gasteiger partial charge in [-0.05, 0) is 56.7 Å². The Balaban J connectivity index is 1.86. The number of rotatable bonds is 3. The third kappa shape index (κ3) is 2.59. The van der Waals surface area contributed by atoms with Crippen LogP contribution in [0, 0.1) is 12.7 Å². The van der Waals surface area contributed by atoms with Crippen LogP contribution in [0.1, 0.15) is 25.5 Å². The minimum atomic E-state index is -0.214. The number of H-pyrrole nitrogens is 1. The number of hydrogen-bond acceptors (Lipinski definition) is 3. The molecular weight excluding hydrogens is 317 g/mol. The van der Waals surface area contributed by atoms with Crippen molar-refractivity contribution in [2.24, 2.45) is 0 Å². The predicted octanol–water partition coefficient (Wildman–Crippen LogP) is 4.52. The number of aromatic amines is 1. The van der Waals surface area contributed by atoms with Crippen molar-refractivity contribution in [3.63, 3.8) is 0 Å². The largest absolute Gasteiger partial charge is 0.344 e. The van der Waals surface area contributed by atoms with Crippen molar-refractivity contribution in [1.82, 2.24) is 25.0 Å². The minimum absolute atomic E-state index is 0.214. The highest BCUT2D eigenvalue weighted by atomic mass is 19.1. The summed E-state index contributed by atoms with van der Waals surface area (Å²) < 4.78 is 15.5. The van der Waals surface area contributed by atoms with Gasteiger partial charge in [0.15, 0.2) is 0 Å².